The number of rotatable bonds is 2. The maximum atomic E-state index is 4.39. The molecule has 0 unspecified atom stereocenters. The lowest BCUT2D eigenvalue weighted by atomic mass is 9.88. The summed E-state index contributed by atoms with van der Waals surface area (Å²) in [5.41, 5.74) is 8.73. The zero-order chi connectivity index (χ0) is 16.6. The first kappa shape index (κ1) is 15.4. The molecule has 2 aromatic carbocycles. The predicted molar refractivity (Wildman–Crippen MR) is 98.4 cm³/mol. The predicted octanol–water partition coefficient (Wildman–Crippen LogP) is 5.29. The van der Waals surface area contributed by atoms with Crippen LogP contribution < -0.4 is 0 Å². The van der Waals surface area contributed by atoms with Crippen molar-refractivity contribution in [3.8, 4) is 0 Å². The molecule has 116 valence electrons. The first-order valence-electron chi connectivity index (χ1n) is 8.00. The molecular formula is C22H23N. The molecule has 0 radical (unpaired) electrons. The van der Waals surface area contributed by atoms with E-state index in [0.717, 1.165) is 0 Å². The molecule has 1 nitrogen and oxygen atoms in total. The summed E-state index contributed by atoms with van der Waals surface area (Å²) in [4.78, 5) is 0. The van der Waals surface area contributed by atoms with E-state index in [1.165, 1.54) is 45.1 Å². The fourth-order valence-corrected chi connectivity index (χ4v) is 3.39. The summed E-state index contributed by atoms with van der Waals surface area (Å²) in [6.45, 7) is 13.0. The van der Waals surface area contributed by atoms with Gasteiger partial charge in [0, 0.05) is 5.56 Å². The van der Waals surface area contributed by atoms with Gasteiger partial charge in [-0.05, 0) is 43.0 Å². The third kappa shape index (κ3) is 2.63. The first-order valence-corrected chi connectivity index (χ1v) is 8.00. The van der Waals surface area contributed by atoms with Gasteiger partial charge in [-0.2, -0.15) is 0 Å². The van der Waals surface area contributed by atoms with Gasteiger partial charge >= 0.3 is 0 Å². The molecule has 1 heterocycles. The molecule has 0 bridgehead atoms. The van der Waals surface area contributed by atoms with E-state index < -0.39 is 0 Å². The molecule has 0 N–H and O–H groups in total. The third-order valence-electron chi connectivity index (χ3n) is 4.52. The lowest BCUT2D eigenvalue weighted by Gasteiger charge is -2.29. The highest BCUT2D eigenvalue weighted by atomic mass is 15.0. The summed E-state index contributed by atoms with van der Waals surface area (Å²) >= 11 is 0. The largest absolute Gasteiger partial charge is 0.248 e. The van der Waals surface area contributed by atoms with Gasteiger partial charge in [0.2, 0.25) is 0 Å². The Morgan fingerprint density at radius 3 is 2.09 bits per heavy atom. The highest BCUT2D eigenvalue weighted by molar-refractivity contribution is 5.71. The Balaban J connectivity index is 2.16. The Hall–Kier alpha value is -2.54. The molecule has 2 aromatic rings. The fraction of sp³-hybridized carbons (Fsp3) is 0.182. The van der Waals surface area contributed by atoms with Crippen molar-refractivity contribution >= 4 is 12.4 Å². The Bertz CT molecular complexity index is 837. The van der Waals surface area contributed by atoms with Crippen molar-refractivity contribution in [1.82, 2.24) is 0 Å². The van der Waals surface area contributed by atoms with Crippen LogP contribution in [0.4, 0.5) is 0 Å². The van der Waals surface area contributed by atoms with Gasteiger partial charge in [-0.25, -0.2) is 4.58 Å². The number of hydrogen-bond acceptors (Lipinski definition) is 0. The highest BCUT2D eigenvalue weighted by Crippen LogP contribution is 2.38. The Morgan fingerprint density at radius 1 is 0.826 bits per heavy atom. The highest BCUT2D eigenvalue weighted by Gasteiger charge is 2.29. The van der Waals surface area contributed by atoms with E-state index in [0.29, 0.717) is 0 Å². The molecule has 3 rings (SSSR count). The van der Waals surface area contributed by atoms with Crippen LogP contribution in [0.5, 0.6) is 0 Å². The number of aryl methyl sites for hydroxylation is 2. The molecule has 1 heteroatoms. The molecule has 0 spiro atoms. The minimum Gasteiger partial charge on any atom is -0.248 e. The van der Waals surface area contributed by atoms with Crippen LogP contribution in [-0.2, 0) is 0 Å². The fourth-order valence-electron chi connectivity index (χ4n) is 3.39. The monoisotopic (exact) mass is 301 g/mol. The van der Waals surface area contributed by atoms with Gasteiger partial charge in [0.25, 0.3) is 0 Å². The Labute approximate surface area is 139 Å². The van der Waals surface area contributed by atoms with Crippen LogP contribution in [-0.4, -0.2) is 11.3 Å². The molecule has 1 aliphatic heterocycles. The van der Waals surface area contributed by atoms with Crippen LogP contribution in [0, 0.1) is 19.9 Å². The van der Waals surface area contributed by atoms with Crippen molar-refractivity contribution in [2.24, 2.45) is 0 Å². The number of allylic oxidation sites excluding steroid dienone is 2. The molecule has 0 aromatic heterocycles. The summed E-state index contributed by atoms with van der Waals surface area (Å²) in [5.74, 6) is 0. The molecule has 0 fully saturated rings. The van der Waals surface area contributed by atoms with E-state index in [4.69, 9.17) is 0 Å². The quantitative estimate of drug-likeness (QED) is 0.524. The van der Waals surface area contributed by atoms with Gasteiger partial charge in [-0.3, -0.25) is 0 Å². The first-order chi connectivity index (χ1) is 11.0. The molecule has 1 aliphatic rings. The minimum atomic E-state index is 1.19. The van der Waals surface area contributed by atoms with E-state index in [-0.39, 0.29) is 0 Å². The molecular weight excluding hydrogens is 278 g/mol. The average molecular weight is 301 g/mol. The van der Waals surface area contributed by atoms with E-state index >= 15 is 0 Å². The second kappa shape index (κ2) is 5.92. The van der Waals surface area contributed by atoms with Crippen molar-refractivity contribution in [1.29, 1.82) is 0 Å². The summed E-state index contributed by atoms with van der Waals surface area (Å²) < 4.78 is 2.11. The topological polar surface area (TPSA) is 3.01 Å². The van der Waals surface area contributed by atoms with Crippen LogP contribution in [0.15, 0.2) is 65.8 Å². The summed E-state index contributed by atoms with van der Waals surface area (Å²) in [6, 6.07) is 18.2. The lowest BCUT2D eigenvalue weighted by molar-refractivity contribution is -0.394. The number of benzene rings is 2. The maximum absolute atomic E-state index is 4.39. The minimum absolute atomic E-state index is 1.19. The second-order valence-electron chi connectivity index (χ2n) is 6.27. The average Bonchev–Trinajstić information content (AvgIpc) is 2.50. The van der Waals surface area contributed by atoms with E-state index in [1.807, 2.05) is 0 Å². The standard InChI is InChI=1S/C22H23N/c1-15-10-6-8-12-19(15)21-17(3)14-18(4)22(23(21)5)20-13-9-7-11-16(20)2/h6-14H,5H2,1-4H3. The van der Waals surface area contributed by atoms with Gasteiger partial charge in [0.1, 0.15) is 0 Å². The van der Waals surface area contributed by atoms with Crippen molar-refractivity contribution in [2.45, 2.75) is 27.7 Å². The summed E-state index contributed by atoms with van der Waals surface area (Å²) in [7, 11) is 0. The molecule has 0 atom stereocenters. The van der Waals surface area contributed by atoms with Crippen LogP contribution >= 0.6 is 0 Å². The molecule has 0 saturated carbocycles. The molecule has 0 saturated heterocycles. The van der Waals surface area contributed by atoms with E-state index in [1.54, 1.807) is 0 Å². The Morgan fingerprint density at radius 2 is 1.43 bits per heavy atom. The van der Waals surface area contributed by atoms with Crippen molar-refractivity contribution in [3.05, 3.63) is 94.0 Å². The second-order valence-corrected chi connectivity index (χ2v) is 6.27. The summed E-state index contributed by atoms with van der Waals surface area (Å²) in [6.07, 6.45) is 2.27. The van der Waals surface area contributed by atoms with Crippen molar-refractivity contribution in [3.63, 3.8) is 0 Å². The molecule has 23 heavy (non-hydrogen) atoms. The van der Waals surface area contributed by atoms with E-state index in [9.17, 15) is 0 Å². The van der Waals surface area contributed by atoms with Gasteiger partial charge in [-0.15, -0.1) is 6.07 Å². The number of nitrogens with zero attached hydrogens (tertiary/aromatic N) is 1. The van der Waals surface area contributed by atoms with Gasteiger partial charge in [0.15, 0.2) is 11.7 Å². The van der Waals surface area contributed by atoms with Gasteiger partial charge < -0.3 is 0 Å². The Kier molecular flexibility index (Phi) is 3.96. The van der Waals surface area contributed by atoms with Crippen LogP contribution in [0.25, 0.3) is 5.70 Å². The van der Waals surface area contributed by atoms with Crippen LogP contribution in [0.2, 0.25) is 0 Å². The zero-order valence-electron chi connectivity index (χ0n) is 14.4. The zero-order valence-corrected chi connectivity index (χ0v) is 14.4. The normalized spacial score (nSPS) is 15.0. The summed E-state index contributed by atoms with van der Waals surface area (Å²) in [5, 5.41) is 0. The molecule has 0 amide bonds. The molecule has 0 aliphatic carbocycles. The SMILES string of the molecule is C=[N+]1C(c2ccccc2C)=C(C)C=C(C)[C-]1c1ccccc1C. The van der Waals surface area contributed by atoms with Crippen molar-refractivity contribution in [2.75, 3.05) is 0 Å². The van der Waals surface area contributed by atoms with Crippen LogP contribution in [0.1, 0.15) is 36.1 Å². The van der Waals surface area contributed by atoms with Gasteiger partial charge in [0.05, 0.1) is 6.72 Å². The maximum Gasteiger partial charge on any atom is 0.163 e. The lowest BCUT2D eigenvalue weighted by Crippen LogP contribution is -2.23. The van der Waals surface area contributed by atoms with Crippen molar-refractivity contribution < 1.29 is 4.58 Å². The smallest absolute Gasteiger partial charge is 0.163 e. The number of hydrogen-bond donors (Lipinski definition) is 0. The van der Waals surface area contributed by atoms with Crippen LogP contribution in [0.3, 0.4) is 0 Å². The third-order valence-corrected chi connectivity index (χ3v) is 4.52. The van der Waals surface area contributed by atoms with Gasteiger partial charge in [-0.1, -0.05) is 61.0 Å². The van der Waals surface area contributed by atoms with E-state index in [2.05, 4.69) is 93.6 Å².